The summed E-state index contributed by atoms with van der Waals surface area (Å²) in [5.41, 5.74) is -0.946. The molecule has 2 heterocycles. The standard InChI is InChI=1S/C26H26O7/c1-12(2)5-6-15-18(27)11-19(28)20-21(29)16-9-14-10-17-24(31)33-25(23(14)30,8-7-13(3)4)26(16,17)32-22(15)20/h5,7,9,11,14,17,27-28H,6,8,10H2,1-4H3/t14-,17+,25+,26-/m1/s1. The Balaban J connectivity index is 1.80. The summed E-state index contributed by atoms with van der Waals surface area (Å²) in [5.74, 6) is -3.45. The highest BCUT2D eigenvalue weighted by molar-refractivity contribution is 6.19. The zero-order chi connectivity index (χ0) is 23.9. The van der Waals surface area contributed by atoms with Gasteiger partial charge in [0.15, 0.2) is 17.2 Å². The molecule has 2 aliphatic heterocycles. The number of aromatic hydroxyl groups is 2. The Morgan fingerprint density at radius 2 is 1.76 bits per heavy atom. The average molecular weight is 450 g/mol. The molecule has 5 aliphatic rings. The quantitative estimate of drug-likeness (QED) is 0.531. The van der Waals surface area contributed by atoms with Crippen molar-refractivity contribution in [2.75, 3.05) is 0 Å². The molecule has 0 radical (unpaired) electrons. The molecule has 4 bridgehead atoms. The van der Waals surface area contributed by atoms with Crippen LogP contribution in [0.1, 0.15) is 56.5 Å². The Bertz CT molecular complexity index is 1230. The largest absolute Gasteiger partial charge is 0.507 e. The van der Waals surface area contributed by atoms with Gasteiger partial charge in [-0.15, -0.1) is 0 Å². The normalized spacial score (nSPS) is 30.7. The first-order valence-electron chi connectivity index (χ1n) is 11.1. The molecule has 6 rings (SSSR count). The summed E-state index contributed by atoms with van der Waals surface area (Å²) in [6.07, 6.45) is 5.79. The first kappa shape index (κ1) is 21.5. The van der Waals surface area contributed by atoms with Crippen LogP contribution >= 0.6 is 0 Å². The second-order valence-electron chi connectivity index (χ2n) is 9.82. The van der Waals surface area contributed by atoms with E-state index in [2.05, 4.69) is 0 Å². The monoisotopic (exact) mass is 450 g/mol. The first-order chi connectivity index (χ1) is 15.5. The van der Waals surface area contributed by atoms with Gasteiger partial charge in [0.2, 0.25) is 5.60 Å². The molecule has 0 unspecified atom stereocenters. The number of Topliss-reactive ketones (excluding diaryl/α,β-unsaturated/α-hetero) is 2. The maximum absolute atomic E-state index is 13.8. The minimum absolute atomic E-state index is 0.00479. The van der Waals surface area contributed by atoms with Crippen LogP contribution in [-0.4, -0.2) is 39.0 Å². The number of esters is 1. The minimum atomic E-state index is -1.67. The SMILES string of the molecule is CC(C)=CCc1c(O)cc(O)c2c1O[C@]13C(=C[C@@H]4C[C@H]1C(=O)O[C@@]3(CC=C(C)C)C4=O)C2=O. The highest BCUT2D eigenvalue weighted by Crippen LogP contribution is 2.64. The number of fused-ring (bicyclic) bond motifs is 1. The van der Waals surface area contributed by atoms with Crippen LogP contribution in [0.4, 0.5) is 0 Å². The molecule has 2 N–H and O–H groups in total. The van der Waals surface area contributed by atoms with Gasteiger partial charge < -0.3 is 19.7 Å². The molecule has 172 valence electrons. The molecule has 1 aromatic rings. The Hall–Kier alpha value is -3.35. The topological polar surface area (TPSA) is 110 Å². The van der Waals surface area contributed by atoms with E-state index < -0.39 is 40.5 Å². The third-order valence-corrected chi connectivity index (χ3v) is 7.23. The van der Waals surface area contributed by atoms with E-state index in [4.69, 9.17) is 9.47 Å². The molecular weight excluding hydrogens is 424 g/mol. The van der Waals surface area contributed by atoms with Crippen LogP contribution in [0.5, 0.6) is 17.2 Å². The van der Waals surface area contributed by atoms with E-state index in [-0.39, 0.29) is 47.7 Å². The van der Waals surface area contributed by atoms with Gasteiger partial charge in [-0.2, -0.15) is 0 Å². The van der Waals surface area contributed by atoms with E-state index in [1.54, 1.807) is 6.08 Å². The van der Waals surface area contributed by atoms with Gasteiger partial charge in [-0.25, -0.2) is 0 Å². The predicted molar refractivity (Wildman–Crippen MR) is 118 cm³/mol. The average Bonchev–Trinajstić information content (AvgIpc) is 2.92. The zero-order valence-electron chi connectivity index (χ0n) is 19.0. The Morgan fingerprint density at radius 3 is 2.42 bits per heavy atom. The fourth-order valence-corrected chi connectivity index (χ4v) is 5.69. The lowest BCUT2D eigenvalue weighted by atomic mass is 9.53. The summed E-state index contributed by atoms with van der Waals surface area (Å²) in [6, 6.07) is 1.13. The van der Waals surface area contributed by atoms with Crippen molar-refractivity contribution in [3.05, 3.63) is 52.1 Å². The third kappa shape index (κ3) is 2.59. The van der Waals surface area contributed by atoms with Gasteiger partial charge in [-0.1, -0.05) is 29.4 Å². The van der Waals surface area contributed by atoms with Crippen LogP contribution in [0.3, 0.4) is 0 Å². The summed E-state index contributed by atoms with van der Waals surface area (Å²) in [7, 11) is 0. The zero-order valence-corrected chi connectivity index (χ0v) is 19.0. The molecule has 7 nitrogen and oxygen atoms in total. The fraction of sp³-hybridized carbons (Fsp3) is 0.423. The van der Waals surface area contributed by atoms with E-state index in [9.17, 15) is 24.6 Å². The van der Waals surface area contributed by atoms with Crippen LogP contribution in [0.2, 0.25) is 0 Å². The maximum Gasteiger partial charge on any atom is 0.314 e. The van der Waals surface area contributed by atoms with Gasteiger partial charge in [0.1, 0.15) is 28.7 Å². The van der Waals surface area contributed by atoms with Crippen molar-refractivity contribution >= 4 is 17.5 Å². The van der Waals surface area contributed by atoms with Gasteiger partial charge in [0.05, 0.1) is 0 Å². The summed E-state index contributed by atoms with van der Waals surface area (Å²) in [6.45, 7) is 7.55. The Labute approximate surface area is 191 Å². The molecule has 3 aliphatic carbocycles. The second kappa shape index (κ2) is 6.83. The number of ketones is 2. The minimum Gasteiger partial charge on any atom is -0.507 e. The number of carbonyl (C=O) groups excluding carboxylic acids is 3. The number of phenols is 2. The lowest BCUT2D eigenvalue weighted by molar-refractivity contribution is -0.170. The van der Waals surface area contributed by atoms with E-state index >= 15 is 0 Å². The van der Waals surface area contributed by atoms with Crippen LogP contribution in [-0.2, 0) is 20.7 Å². The van der Waals surface area contributed by atoms with Crippen molar-refractivity contribution in [2.45, 2.75) is 58.2 Å². The van der Waals surface area contributed by atoms with Crippen LogP contribution < -0.4 is 4.74 Å². The molecule has 1 spiro atoms. The molecule has 1 saturated heterocycles. The number of ether oxygens (including phenoxy) is 2. The number of carbonyl (C=O) groups is 3. The van der Waals surface area contributed by atoms with Gasteiger partial charge in [0.25, 0.3) is 0 Å². The van der Waals surface area contributed by atoms with Gasteiger partial charge in [0, 0.05) is 29.5 Å². The molecule has 2 fully saturated rings. The van der Waals surface area contributed by atoms with E-state index in [1.807, 2.05) is 39.8 Å². The highest BCUT2D eigenvalue weighted by Gasteiger charge is 2.80. The van der Waals surface area contributed by atoms with E-state index in [0.717, 1.165) is 17.2 Å². The smallest absolute Gasteiger partial charge is 0.314 e. The molecule has 0 amide bonds. The lowest BCUT2D eigenvalue weighted by Crippen LogP contribution is -2.72. The molecular formula is C26H26O7. The van der Waals surface area contributed by atoms with Crippen molar-refractivity contribution in [3.8, 4) is 17.2 Å². The van der Waals surface area contributed by atoms with E-state index in [1.165, 1.54) is 0 Å². The molecule has 1 saturated carbocycles. The summed E-state index contributed by atoms with van der Waals surface area (Å²) in [4.78, 5) is 40.4. The number of hydrogen-bond acceptors (Lipinski definition) is 7. The number of rotatable bonds is 4. The Kier molecular flexibility index (Phi) is 4.45. The molecule has 1 aromatic carbocycles. The third-order valence-electron chi connectivity index (χ3n) is 7.23. The number of benzene rings is 1. The predicted octanol–water partition coefficient (Wildman–Crippen LogP) is 3.72. The molecule has 0 aromatic heterocycles. The number of allylic oxidation sites excluding steroid dienone is 4. The van der Waals surface area contributed by atoms with Crippen LogP contribution in [0.15, 0.2) is 41.0 Å². The maximum atomic E-state index is 13.8. The van der Waals surface area contributed by atoms with E-state index in [0.29, 0.717) is 5.56 Å². The summed E-state index contributed by atoms with van der Waals surface area (Å²) in [5, 5.41) is 21.2. The molecule has 7 heteroatoms. The highest BCUT2D eigenvalue weighted by atomic mass is 16.6. The Morgan fingerprint density at radius 1 is 1.06 bits per heavy atom. The fourth-order valence-electron chi connectivity index (χ4n) is 5.69. The van der Waals surface area contributed by atoms with Crippen molar-refractivity contribution in [1.29, 1.82) is 0 Å². The van der Waals surface area contributed by atoms with Crippen LogP contribution in [0, 0.1) is 11.8 Å². The summed E-state index contributed by atoms with van der Waals surface area (Å²) >= 11 is 0. The number of phenolic OH excluding ortho intramolecular Hbond substituents is 2. The van der Waals surface area contributed by atoms with Gasteiger partial charge in [-0.05, 0) is 40.5 Å². The van der Waals surface area contributed by atoms with Crippen LogP contribution in [0.25, 0.3) is 0 Å². The van der Waals surface area contributed by atoms with Crippen molar-refractivity contribution in [1.82, 2.24) is 0 Å². The summed E-state index contributed by atoms with van der Waals surface area (Å²) < 4.78 is 12.3. The first-order valence-corrected chi connectivity index (χ1v) is 11.1. The van der Waals surface area contributed by atoms with Crippen molar-refractivity contribution < 1.29 is 34.1 Å². The lowest BCUT2D eigenvalue weighted by Gasteiger charge is -2.54. The van der Waals surface area contributed by atoms with Gasteiger partial charge in [-0.3, -0.25) is 14.4 Å². The molecule has 33 heavy (non-hydrogen) atoms. The van der Waals surface area contributed by atoms with Gasteiger partial charge >= 0.3 is 5.97 Å². The molecule has 4 atom stereocenters. The van der Waals surface area contributed by atoms with Crippen molar-refractivity contribution in [3.63, 3.8) is 0 Å². The van der Waals surface area contributed by atoms with Crippen molar-refractivity contribution in [2.24, 2.45) is 11.8 Å². The second-order valence-corrected chi connectivity index (χ2v) is 9.82. The number of hydrogen-bond donors (Lipinski definition) is 2.